The zero-order chi connectivity index (χ0) is 14.2. The molecule has 3 N–H and O–H groups in total. The molecule has 0 spiro atoms. The summed E-state index contributed by atoms with van der Waals surface area (Å²) in [5.41, 5.74) is 8.31. The second-order valence-electron chi connectivity index (χ2n) is 6.26. The van der Waals surface area contributed by atoms with E-state index < -0.39 is 0 Å². The zero-order valence-electron chi connectivity index (χ0n) is 11.8. The van der Waals surface area contributed by atoms with E-state index in [0.29, 0.717) is 13.0 Å². The van der Waals surface area contributed by atoms with Crippen molar-refractivity contribution in [3.63, 3.8) is 0 Å². The first kappa shape index (κ1) is 13.4. The average Bonchev–Trinajstić information content (AvgIpc) is 2.84. The normalized spacial score (nSPS) is 20.8. The van der Waals surface area contributed by atoms with E-state index in [1.807, 2.05) is 11.0 Å². The molecule has 0 unspecified atom stereocenters. The maximum absolute atomic E-state index is 12.4. The summed E-state index contributed by atoms with van der Waals surface area (Å²) in [4.78, 5) is 14.3. The number of amides is 1. The van der Waals surface area contributed by atoms with E-state index in [1.54, 1.807) is 12.1 Å². The summed E-state index contributed by atoms with van der Waals surface area (Å²) in [5.74, 6) is 0.424. The summed E-state index contributed by atoms with van der Waals surface area (Å²) in [7, 11) is 0. The van der Waals surface area contributed by atoms with Crippen LogP contribution < -0.4 is 5.73 Å². The molecule has 4 nitrogen and oxygen atoms in total. The van der Waals surface area contributed by atoms with Gasteiger partial charge in [0.2, 0.25) is 5.91 Å². The standard InChI is InChI=1S/C16H22N2O2/c17-16(6-1-2-7-16)10-15(20)18-8-5-12-3-4-14(19)9-13(12)11-18/h3-4,9,19H,1-2,5-8,10-11,17H2. The number of hydrogen-bond donors (Lipinski definition) is 2. The fourth-order valence-corrected chi connectivity index (χ4v) is 3.43. The number of aromatic hydroxyl groups is 1. The Hall–Kier alpha value is -1.55. The third kappa shape index (κ3) is 2.66. The molecule has 1 aliphatic carbocycles. The van der Waals surface area contributed by atoms with Crippen molar-refractivity contribution in [1.82, 2.24) is 4.90 Å². The van der Waals surface area contributed by atoms with Gasteiger partial charge in [0, 0.05) is 25.0 Å². The summed E-state index contributed by atoms with van der Waals surface area (Å²) >= 11 is 0. The quantitative estimate of drug-likeness (QED) is 0.866. The number of nitrogens with two attached hydrogens (primary N) is 1. The first-order valence-electron chi connectivity index (χ1n) is 7.43. The minimum absolute atomic E-state index is 0.156. The topological polar surface area (TPSA) is 66.6 Å². The lowest BCUT2D eigenvalue weighted by atomic mass is 9.93. The number of rotatable bonds is 2. The van der Waals surface area contributed by atoms with Gasteiger partial charge in [-0.3, -0.25) is 4.79 Å². The van der Waals surface area contributed by atoms with Crippen LogP contribution in [0.15, 0.2) is 18.2 Å². The largest absolute Gasteiger partial charge is 0.508 e. The smallest absolute Gasteiger partial charge is 0.224 e. The molecule has 0 saturated heterocycles. The van der Waals surface area contributed by atoms with Gasteiger partial charge in [0.25, 0.3) is 0 Å². The van der Waals surface area contributed by atoms with Crippen molar-refractivity contribution in [3.05, 3.63) is 29.3 Å². The van der Waals surface area contributed by atoms with Crippen molar-refractivity contribution in [1.29, 1.82) is 0 Å². The number of carbonyl (C=O) groups excluding carboxylic acids is 1. The van der Waals surface area contributed by atoms with Gasteiger partial charge in [-0.15, -0.1) is 0 Å². The molecule has 1 heterocycles. The molecule has 2 aliphatic rings. The SMILES string of the molecule is NC1(CC(=O)N2CCc3ccc(O)cc3C2)CCCC1. The highest BCUT2D eigenvalue weighted by Crippen LogP contribution is 2.31. The minimum atomic E-state index is -0.282. The molecule has 1 aromatic rings. The van der Waals surface area contributed by atoms with Gasteiger partial charge in [-0.05, 0) is 42.5 Å². The molecule has 1 aromatic carbocycles. The Kier molecular flexibility index (Phi) is 3.42. The van der Waals surface area contributed by atoms with Crippen LogP contribution in [0.5, 0.6) is 5.75 Å². The van der Waals surface area contributed by atoms with Crippen molar-refractivity contribution >= 4 is 5.91 Å². The van der Waals surface area contributed by atoms with Gasteiger partial charge in [0.15, 0.2) is 0 Å². The molecule has 108 valence electrons. The first-order valence-corrected chi connectivity index (χ1v) is 7.43. The van der Waals surface area contributed by atoms with Crippen LogP contribution in [0, 0.1) is 0 Å². The van der Waals surface area contributed by atoms with Gasteiger partial charge >= 0.3 is 0 Å². The Bertz CT molecular complexity index is 521. The fourth-order valence-electron chi connectivity index (χ4n) is 3.43. The summed E-state index contributed by atoms with van der Waals surface area (Å²) in [6, 6.07) is 5.43. The zero-order valence-corrected chi connectivity index (χ0v) is 11.8. The van der Waals surface area contributed by atoms with E-state index in [2.05, 4.69) is 0 Å². The summed E-state index contributed by atoms with van der Waals surface area (Å²) < 4.78 is 0. The van der Waals surface area contributed by atoms with Gasteiger partial charge in [0.05, 0.1) is 0 Å². The van der Waals surface area contributed by atoms with E-state index in [1.165, 1.54) is 5.56 Å². The van der Waals surface area contributed by atoms with Gasteiger partial charge in [-0.2, -0.15) is 0 Å². The third-order valence-electron chi connectivity index (χ3n) is 4.66. The Balaban J connectivity index is 1.68. The van der Waals surface area contributed by atoms with Crippen LogP contribution in [0.2, 0.25) is 0 Å². The second kappa shape index (κ2) is 5.09. The van der Waals surface area contributed by atoms with Crippen LogP contribution in [0.1, 0.15) is 43.2 Å². The van der Waals surface area contributed by atoms with Gasteiger partial charge in [0.1, 0.15) is 5.75 Å². The molecular weight excluding hydrogens is 252 g/mol. The molecule has 20 heavy (non-hydrogen) atoms. The van der Waals surface area contributed by atoms with Crippen LogP contribution in [0.4, 0.5) is 0 Å². The highest BCUT2D eigenvalue weighted by Gasteiger charge is 2.34. The van der Waals surface area contributed by atoms with Crippen LogP contribution in [0.3, 0.4) is 0 Å². The fraction of sp³-hybridized carbons (Fsp3) is 0.562. The van der Waals surface area contributed by atoms with E-state index in [9.17, 15) is 9.90 Å². The number of phenolic OH excluding ortho intramolecular Hbond substituents is 1. The van der Waals surface area contributed by atoms with Gasteiger partial charge in [-0.25, -0.2) is 0 Å². The molecular formula is C16H22N2O2. The van der Waals surface area contributed by atoms with Crippen molar-refractivity contribution < 1.29 is 9.90 Å². The number of carbonyl (C=O) groups is 1. The van der Waals surface area contributed by atoms with Crippen molar-refractivity contribution in [2.24, 2.45) is 5.73 Å². The predicted molar refractivity (Wildman–Crippen MR) is 77.2 cm³/mol. The summed E-state index contributed by atoms with van der Waals surface area (Å²) in [6.07, 6.45) is 5.52. The molecule has 4 heteroatoms. The third-order valence-corrected chi connectivity index (χ3v) is 4.66. The minimum Gasteiger partial charge on any atom is -0.508 e. The van der Waals surface area contributed by atoms with Crippen LogP contribution in [0.25, 0.3) is 0 Å². The number of fused-ring (bicyclic) bond motifs is 1. The van der Waals surface area contributed by atoms with Gasteiger partial charge < -0.3 is 15.7 Å². The maximum Gasteiger partial charge on any atom is 0.224 e. The summed E-state index contributed by atoms with van der Waals surface area (Å²) in [5, 5.41) is 9.56. The van der Waals surface area contributed by atoms with E-state index in [0.717, 1.165) is 44.2 Å². The number of nitrogens with zero attached hydrogens (tertiary/aromatic N) is 1. The van der Waals surface area contributed by atoms with Crippen molar-refractivity contribution in [2.75, 3.05) is 6.54 Å². The lowest BCUT2D eigenvalue weighted by molar-refractivity contribution is -0.133. The Morgan fingerprint density at radius 1 is 1.30 bits per heavy atom. The Labute approximate surface area is 119 Å². The van der Waals surface area contributed by atoms with Crippen LogP contribution in [-0.2, 0) is 17.8 Å². The monoisotopic (exact) mass is 274 g/mol. The van der Waals surface area contributed by atoms with Crippen molar-refractivity contribution in [2.45, 2.75) is 50.6 Å². The first-order chi connectivity index (χ1) is 9.56. The maximum atomic E-state index is 12.4. The highest BCUT2D eigenvalue weighted by atomic mass is 16.3. The predicted octanol–water partition coefficient (Wildman–Crippen LogP) is 1.94. The lowest BCUT2D eigenvalue weighted by Gasteiger charge is -2.32. The molecule has 1 amide bonds. The summed E-state index contributed by atoms with van der Waals surface area (Å²) in [6.45, 7) is 1.35. The van der Waals surface area contributed by atoms with E-state index in [-0.39, 0.29) is 17.2 Å². The Morgan fingerprint density at radius 3 is 2.80 bits per heavy atom. The Morgan fingerprint density at radius 2 is 2.05 bits per heavy atom. The van der Waals surface area contributed by atoms with Crippen molar-refractivity contribution in [3.8, 4) is 5.75 Å². The van der Waals surface area contributed by atoms with Crippen LogP contribution >= 0.6 is 0 Å². The highest BCUT2D eigenvalue weighted by molar-refractivity contribution is 5.78. The van der Waals surface area contributed by atoms with E-state index >= 15 is 0 Å². The molecule has 0 bridgehead atoms. The molecule has 0 aromatic heterocycles. The van der Waals surface area contributed by atoms with Gasteiger partial charge in [-0.1, -0.05) is 18.9 Å². The van der Waals surface area contributed by atoms with E-state index in [4.69, 9.17) is 5.73 Å². The lowest BCUT2D eigenvalue weighted by Crippen LogP contribution is -2.45. The molecule has 1 fully saturated rings. The molecule has 1 aliphatic heterocycles. The number of benzene rings is 1. The molecule has 1 saturated carbocycles. The molecule has 3 rings (SSSR count). The molecule has 0 atom stereocenters. The number of phenols is 1. The second-order valence-corrected chi connectivity index (χ2v) is 6.26. The van der Waals surface area contributed by atoms with Crippen LogP contribution in [-0.4, -0.2) is 28.0 Å². The average molecular weight is 274 g/mol. The number of hydrogen-bond acceptors (Lipinski definition) is 3. The molecule has 0 radical (unpaired) electrons.